The van der Waals surface area contributed by atoms with Crippen LogP contribution in [-0.2, 0) is 4.74 Å². The van der Waals surface area contributed by atoms with E-state index in [4.69, 9.17) is 4.74 Å². The summed E-state index contributed by atoms with van der Waals surface area (Å²) in [5.41, 5.74) is 0. The Balaban J connectivity index is 1.66. The van der Waals surface area contributed by atoms with Crippen LogP contribution in [0.25, 0.3) is 0 Å². The summed E-state index contributed by atoms with van der Waals surface area (Å²) in [4.78, 5) is 7.44. The van der Waals surface area contributed by atoms with Crippen LogP contribution in [0.1, 0.15) is 6.42 Å². The van der Waals surface area contributed by atoms with Crippen LogP contribution >= 0.6 is 0 Å². The normalized spacial score (nSPS) is 30.8. The van der Waals surface area contributed by atoms with Gasteiger partial charge in [0.1, 0.15) is 0 Å². The predicted octanol–water partition coefficient (Wildman–Crippen LogP) is -0.0455. The summed E-state index contributed by atoms with van der Waals surface area (Å²) in [7, 11) is 4.43. The van der Waals surface area contributed by atoms with Crippen molar-refractivity contribution >= 4 is 0 Å². The number of morpholine rings is 1. The summed E-state index contributed by atoms with van der Waals surface area (Å²) in [5, 5.41) is 0. The zero-order valence-electron chi connectivity index (χ0n) is 10.7. The second kappa shape index (κ2) is 5.96. The second-order valence-electron chi connectivity index (χ2n) is 5.14. The van der Waals surface area contributed by atoms with Crippen molar-refractivity contribution in [3.8, 4) is 0 Å². The smallest absolute Gasteiger partial charge is 0.0622 e. The Hall–Kier alpha value is -0.160. The maximum absolute atomic E-state index is 5.54. The largest absolute Gasteiger partial charge is 0.378 e. The van der Waals surface area contributed by atoms with Crippen molar-refractivity contribution in [1.29, 1.82) is 0 Å². The van der Waals surface area contributed by atoms with Gasteiger partial charge in [-0.2, -0.15) is 0 Å². The van der Waals surface area contributed by atoms with E-state index in [1.807, 2.05) is 0 Å². The molecule has 0 amide bonds. The van der Waals surface area contributed by atoms with E-state index in [9.17, 15) is 0 Å². The van der Waals surface area contributed by atoms with E-state index < -0.39 is 0 Å². The van der Waals surface area contributed by atoms with E-state index in [0.29, 0.717) is 6.04 Å². The number of nitrogens with zero attached hydrogens (tertiary/aromatic N) is 3. The Morgan fingerprint density at radius 1 is 1.06 bits per heavy atom. The van der Waals surface area contributed by atoms with Crippen molar-refractivity contribution in [3.05, 3.63) is 0 Å². The molecule has 94 valence electrons. The highest BCUT2D eigenvalue weighted by Crippen LogP contribution is 2.09. The molecule has 0 spiro atoms. The van der Waals surface area contributed by atoms with Crippen molar-refractivity contribution in [2.75, 3.05) is 66.6 Å². The molecule has 2 heterocycles. The van der Waals surface area contributed by atoms with Gasteiger partial charge in [0, 0.05) is 38.8 Å². The van der Waals surface area contributed by atoms with Gasteiger partial charge in [-0.1, -0.05) is 0 Å². The lowest BCUT2D eigenvalue weighted by Gasteiger charge is -2.36. The Labute approximate surface area is 99.1 Å². The number of hydrogen-bond acceptors (Lipinski definition) is 4. The van der Waals surface area contributed by atoms with Crippen LogP contribution in [0.2, 0.25) is 0 Å². The molecule has 16 heavy (non-hydrogen) atoms. The Morgan fingerprint density at radius 3 is 2.50 bits per heavy atom. The average molecular weight is 227 g/mol. The van der Waals surface area contributed by atoms with Crippen LogP contribution in [0.4, 0.5) is 0 Å². The van der Waals surface area contributed by atoms with Crippen molar-refractivity contribution in [3.63, 3.8) is 0 Å². The third kappa shape index (κ3) is 3.42. The van der Waals surface area contributed by atoms with E-state index in [2.05, 4.69) is 28.8 Å². The highest BCUT2D eigenvalue weighted by molar-refractivity contribution is 4.76. The molecule has 0 N–H and O–H groups in total. The molecule has 0 aromatic carbocycles. The fourth-order valence-corrected chi connectivity index (χ4v) is 2.44. The summed E-state index contributed by atoms with van der Waals surface area (Å²) < 4.78 is 5.54. The number of ether oxygens (including phenoxy) is 1. The summed E-state index contributed by atoms with van der Waals surface area (Å²) in [6.07, 6.45) is 1.25. The number of likely N-dealkylation sites (N-methyl/N-ethyl adjacent to an activating group) is 2. The zero-order valence-corrected chi connectivity index (χ0v) is 10.7. The lowest BCUT2D eigenvalue weighted by atomic mass is 10.1. The number of piperazine rings is 1. The minimum Gasteiger partial charge on any atom is -0.378 e. The topological polar surface area (TPSA) is 19.0 Å². The Morgan fingerprint density at radius 2 is 1.81 bits per heavy atom. The first-order valence-corrected chi connectivity index (χ1v) is 6.44. The van der Waals surface area contributed by atoms with E-state index in [1.165, 1.54) is 39.1 Å². The SMILES string of the molecule is CN1CCN(CCC2COCCN2C)CC1. The summed E-state index contributed by atoms with van der Waals surface area (Å²) in [6.45, 7) is 9.04. The molecule has 1 unspecified atom stereocenters. The summed E-state index contributed by atoms with van der Waals surface area (Å²) in [5.74, 6) is 0. The zero-order chi connectivity index (χ0) is 11.4. The minimum atomic E-state index is 0.633. The molecular weight excluding hydrogens is 202 g/mol. The van der Waals surface area contributed by atoms with Crippen LogP contribution in [0, 0.1) is 0 Å². The van der Waals surface area contributed by atoms with Crippen molar-refractivity contribution in [2.24, 2.45) is 0 Å². The van der Waals surface area contributed by atoms with Crippen LogP contribution in [0.5, 0.6) is 0 Å². The van der Waals surface area contributed by atoms with Crippen LogP contribution in [0.15, 0.2) is 0 Å². The Kier molecular flexibility index (Phi) is 4.58. The maximum atomic E-state index is 5.54. The van der Waals surface area contributed by atoms with Gasteiger partial charge in [0.25, 0.3) is 0 Å². The van der Waals surface area contributed by atoms with Gasteiger partial charge in [-0.15, -0.1) is 0 Å². The lowest BCUT2D eigenvalue weighted by molar-refractivity contribution is -0.00179. The predicted molar refractivity (Wildman–Crippen MR) is 65.8 cm³/mol. The fraction of sp³-hybridized carbons (Fsp3) is 1.00. The molecule has 0 aliphatic carbocycles. The van der Waals surface area contributed by atoms with Gasteiger partial charge in [0.05, 0.1) is 13.2 Å². The van der Waals surface area contributed by atoms with Gasteiger partial charge in [-0.3, -0.25) is 4.90 Å². The molecule has 0 radical (unpaired) electrons. The fourth-order valence-electron chi connectivity index (χ4n) is 2.44. The van der Waals surface area contributed by atoms with Crippen LogP contribution in [0.3, 0.4) is 0 Å². The van der Waals surface area contributed by atoms with Gasteiger partial charge in [-0.05, 0) is 27.1 Å². The van der Waals surface area contributed by atoms with Crippen molar-refractivity contribution in [1.82, 2.24) is 14.7 Å². The maximum Gasteiger partial charge on any atom is 0.0622 e. The van der Waals surface area contributed by atoms with Crippen molar-refractivity contribution < 1.29 is 4.74 Å². The first-order valence-electron chi connectivity index (χ1n) is 6.44. The standard InChI is InChI=1S/C12H25N3O/c1-13-5-7-15(8-6-13)4-3-12-11-16-10-9-14(12)2/h12H,3-11H2,1-2H3. The van der Waals surface area contributed by atoms with Gasteiger partial charge in [0.2, 0.25) is 0 Å². The highest BCUT2D eigenvalue weighted by Gasteiger charge is 2.21. The molecule has 2 rings (SSSR count). The van der Waals surface area contributed by atoms with E-state index in [0.717, 1.165) is 19.8 Å². The minimum absolute atomic E-state index is 0.633. The first-order chi connectivity index (χ1) is 7.75. The van der Waals surface area contributed by atoms with E-state index in [-0.39, 0.29) is 0 Å². The molecule has 2 fully saturated rings. The molecule has 0 saturated carbocycles. The molecule has 2 saturated heterocycles. The Bertz CT molecular complexity index is 204. The number of rotatable bonds is 3. The van der Waals surface area contributed by atoms with Crippen LogP contribution < -0.4 is 0 Å². The molecule has 2 aliphatic heterocycles. The lowest BCUT2D eigenvalue weighted by Crippen LogP contribution is -2.48. The van der Waals surface area contributed by atoms with E-state index in [1.54, 1.807) is 0 Å². The van der Waals surface area contributed by atoms with Gasteiger partial charge in [-0.25, -0.2) is 0 Å². The van der Waals surface area contributed by atoms with Gasteiger partial charge < -0.3 is 14.5 Å². The summed E-state index contributed by atoms with van der Waals surface area (Å²) in [6, 6.07) is 0.633. The van der Waals surface area contributed by atoms with Crippen LogP contribution in [-0.4, -0.2) is 87.3 Å². The van der Waals surface area contributed by atoms with Gasteiger partial charge in [0.15, 0.2) is 0 Å². The quantitative estimate of drug-likeness (QED) is 0.673. The molecule has 2 aliphatic rings. The van der Waals surface area contributed by atoms with Crippen molar-refractivity contribution in [2.45, 2.75) is 12.5 Å². The number of hydrogen-bond donors (Lipinski definition) is 0. The first kappa shape index (κ1) is 12.3. The second-order valence-corrected chi connectivity index (χ2v) is 5.14. The molecule has 1 atom stereocenters. The third-order valence-corrected chi connectivity index (χ3v) is 3.90. The molecule has 4 heteroatoms. The van der Waals surface area contributed by atoms with E-state index >= 15 is 0 Å². The average Bonchev–Trinajstić information content (AvgIpc) is 2.30. The highest BCUT2D eigenvalue weighted by atomic mass is 16.5. The van der Waals surface area contributed by atoms with Gasteiger partial charge >= 0.3 is 0 Å². The monoisotopic (exact) mass is 227 g/mol. The molecule has 0 aromatic heterocycles. The molecule has 0 bridgehead atoms. The summed E-state index contributed by atoms with van der Waals surface area (Å²) >= 11 is 0. The molecule has 0 aromatic rings. The third-order valence-electron chi connectivity index (χ3n) is 3.90. The molecular formula is C12H25N3O. The molecule has 4 nitrogen and oxygen atoms in total.